The number of aryl methyl sites for hydroxylation is 2. The van der Waals surface area contributed by atoms with E-state index in [4.69, 9.17) is 16.3 Å². The van der Waals surface area contributed by atoms with Gasteiger partial charge in [0, 0.05) is 23.2 Å². The fourth-order valence-corrected chi connectivity index (χ4v) is 5.42. The van der Waals surface area contributed by atoms with Crippen LogP contribution in [0.25, 0.3) is 10.9 Å². The topological polar surface area (TPSA) is 62.7 Å². The molecule has 2 heterocycles. The summed E-state index contributed by atoms with van der Waals surface area (Å²) in [5.74, 6) is 0.132. The second-order valence-electron chi connectivity index (χ2n) is 9.62. The Morgan fingerprint density at radius 2 is 1.94 bits per heavy atom. The Hall–Kier alpha value is -2.63. The number of hydrogen-bond acceptors (Lipinski definition) is 4. The summed E-state index contributed by atoms with van der Waals surface area (Å²) in [4.78, 5) is 18.9. The third-order valence-corrected chi connectivity index (χ3v) is 7.57. The van der Waals surface area contributed by atoms with Gasteiger partial charge in [-0.15, -0.1) is 0 Å². The first kappa shape index (κ1) is 25.5. The number of ether oxygens (including phenoxy) is 1. The van der Waals surface area contributed by atoms with Crippen molar-refractivity contribution < 1.29 is 14.6 Å². The van der Waals surface area contributed by atoms with Gasteiger partial charge < -0.3 is 14.7 Å². The third kappa shape index (κ3) is 6.96. The molecule has 0 saturated carbocycles. The highest BCUT2D eigenvalue weighted by atomic mass is 35.5. The molecule has 1 aromatic heterocycles. The van der Waals surface area contributed by atoms with Gasteiger partial charge in [0.15, 0.2) is 0 Å². The maximum Gasteiger partial charge on any atom is 0.308 e. The van der Waals surface area contributed by atoms with Gasteiger partial charge in [0.1, 0.15) is 5.75 Å². The van der Waals surface area contributed by atoms with Crippen LogP contribution < -0.4 is 4.74 Å². The molecule has 6 heteroatoms. The van der Waals surface area contributed by atoms with E-state index in [9.17, 15) is 9.90 Å². The lowest BCUT2D eigenvalue weighted by atomic mass is 9.81. The molecule has 1 fully saturated rings. The fraction of sp³-hybridized carbons (Fsp3) is 0.448. The van der Waals surface area contributed by atoms with E-state index in [1.54, 1.807) is 7.11 Å². The molecule has 0 amide bonds. The van der Waals surface area contributed by atoms with Crippen molar-refractivity contribution in [3.05, 3.63) is 70.9 Å². The molecule has 1 aliphatic rings. The van der Waals surface area contributed by atoms with Crippen LogP contribution in [0.3, 0.4) is 0 Å². The molecule has 1 aliphatic heterocycles. The number of nitrogens with zero attached hydrogens (tertiary/aromatic N) is 2. The van der Waals surface area contributed by atoms with Gasteiger partial charge in [-0.1, -0.05) is 23.7 Å². The summed E-state index contributed by atoms with van der Waals surface area (Å²) in [5.41, 5.74) is 3.52. The zero-order chi connectivity index (χ0) is 24.6. The molecule has 35 heavy (non-hydrogen) atoms. The number of pyridine rings is 1. The van der Waals surface area contributed by atoms with Gasteiger partial charge in [-0.2, -0.15) is 0 Å². The van der Waals surface area contributed by atoms with E-state index in [0.29, 0.717) is 6.54 Å². The van der Waals surface area contributed by atoms with E-state index in [1.807, 2.05) is 36.5 Å². The van der Waals surface area contributed by atoms with E-state index >= 15 is 0 Å². The van der Waals surface area contributed by atoms with Gasteiger partial charge in [-0.05, 0) is 111 Å². The predicted molar refractivity (Wildman–Crippen MR) is 141 cm³/mol. The fourth-order valence-electron chi connectivity index (χ4n) is 5.29. The largest absolute Gasteiger partial charge is 0.497 e. The van der Waals surface area contributed by atoms with Gasteiger partial charge in [0.2, 0.25) is 0 Å². The molecule has 5 nitrogen and oxygen atoms in total. The molecule has 1 N–H and O–H groups in total. The number of carbonyl (C=O) groups is 1. The van der Waals surface area contributed by atoms with Crippen molar-refractivity contribution in [2.24, 2.45) is 11.8 Å². The van der Waals surface area contributed by atoms with Crippen molar-refractivity contribution in [3.63, 3.8) is 0 Å². The summed E-state index contributed by atoms with van der Waals surface area (Å²) >= 11 is 5.96. The molecule has 0 aliphatic carbocycles. The number of unbranched alkanes of at least 4 members (excludes halogenated alkanes) is 1. The lowest BCUT2D eigenvalue weighted by Crippen LogP contribution is -2.44. The molecule has 0 spiro atoms. The molecule has 0 bridgehead atoms. The molecule has 3 aromatic rings. The molecule has 186 valence electrons. The number of aliphatic carboxylic acids is 1. The molecule has 2 aromatic carbocycles. The highest BCUT2D eigenvalue weighted by molar-refractivity contribution is 6.30. The van der Waals surface area contributed by atoms with Crippen LogP contribution in [-0.4, -0.2) is 47.7 Å². The van der Waals surface area contributed by atoms with Gasteiger partial charge in [-0.3, -0.25) is 9.78 Å². The van der Waals surface area contributed by atoms with Crippen LogP contribution in [0.15, 0.2) is 54.7 Å². The highest BCUT2D eigenvalue weighted by Crippen LogP contribution is 2.30. The molecule has 1 saturated heterocycles. The van der Waals surface area contributed by atoms with Crippen LogP contribution in [0, 0.1) is 11.8 Å². The number of likely N-dealkylation sites (tertiary alicyclic amines) is 1. The zero-order valence-electron chi connectivity index (χ0n) is 20.5. The molecular formula is C29H35ClN2O3. The first-order valence-electron chi connectivity index (χ1n) is 12.6. The van der Waals surface area contributed by atoms with E-state index in [-0.39, 0.29) is 11.8 Å². The number of hydrogen-bond donors (Lipinski definition) is 1. The average molecular weight is 495 g/mol. The second-order valence-corrected chi connectivity index (χ2v) is 10.1. The number of benzene rings is 2. The third-order valence-electron chi connectivity index (χ3n) is 7.32. The number of halogens is 1. The van der Waals surface area contributed by atoms with Gasteiger partial charge in [-0.25, -0.2) is 0 Å². The zero-order valence-corrected chi connectivity index (χ0v) is 21.2. The number of fused-ring (bicyclic) bond motifs is 1. The smallest absolute Gasteiger partial charge is 0.308 e. The van der Waals surface area contributed by atoms with Gasteiger partial charge in [0.05, 0.1) is 18.5 Å². The summed E-state index contributed by atoms with van der Waals surface area (Å²) in [5, 5.41) is 11.8. The van der Waals surface area contributed by atoms with Crippen molar-refractivity contribution in [1.29, 1.82) is 0 Å². The summed E-state index contributed by atoms with van der Waals surface area (Å²) < 4.78 is 5.39. The number of carboxylic acids is 1. The lowest BCUT2D eigenvalue weighted by molar-refractivity contribution is -0.146. The Morgan fingerprint density at radius 1 is 1.11 bits per heavy atom. The first-order chi connectivity index (χ1) is 17.0. The van der Waals surface area contributed by atoms with Crippen molar-refractivity contribution in [3.8, 4) is 5.75 Å². The Morgan fingerprint density at radius 3 is 2.71 bits per heavy atom. The van der Waals surface area contributed by atoms with E-state index in [1.165, 1.54) is 11.1 Å². The van der Waals surface area contributed by atoms with E-state index < -0.39 is 5.97 Å². The van der Waals surface area contributed by atoms with E-state index in [0.717, 1.165) is 79.7 Å². The molecule has 2 atom stereocenters. The summed E-state index contributed by atoms with van der Waals surface area (Å²) in [7, 11) is 1.68. The summed E-state index contributed by atoms with van der Waals surface area (Å²) in [6.45, 7) is 2.62. The Balaban J connectivity index is 1.25. The minimum Gasteiger partial charge on any atom is -0.497 e. The van der Waals surface area contributed by atoms with Crippen LogP contribution in [0.2, 0.25) is 5.02 Å². The first-order valence-corrected chi connectivity index (χ1v) is 13.0. The maximum absolute atomic E-state index is 12.1. The number of aromatic nitrogens is 1. The predicted octanol–water partition coefficient (Wildman–Crippen LogP) is 6.27. The minimum atomic E-state index is -0.653. The van der Waals surface area contributed by atoms with Crippen molar-refractivity contribution >= 4 is 28.5 Å². The summed E-state index contributed by atoms with van der Waals surface area (Å²) in [6.07, 6.45) is 8.87. The average Bonchev–Trinajstić information content (AvgIpc) is 2.88. The number of carboxylic acid groups (broad SMARTS) is 1. The molecular weight excluding hydrogens is 460 g/mol. The van der Waals surface area contributed by atoms with Crippen molar-refractivity contribution in [2.45, 2.75) is 44.9 Å². The Labute approximate surface area is 213 Å². The van der Waals surface area contributed by atoms with Crippen LogP contribution >= 0.6 is 11.6 Å². The normalized spacial score (nSPS) is 18.6. The Kier molecular flexibility index (Phi) is 9.00. The monoisotopic (exact) mass is 494 g/mol. The lowest BCUT2D eigenvalue weighted by Gasteiger charge is -2.36. The molecule has 4 rings (SSSR count). The number of methoxy groups -OCH3 is 1. The number of piperidine rings is 1. The SMILES string of the molecule is COc1ccc2nccc(CCC[C@@H]3CCN(CCCCc4ccc(Cl)cc4)C[C@@H]3C(=O)O)c2c1. The highest BCUT2D eigenvalue weighted by Gasteiger charge is 2.33. The van der Waals surface area contributed by atoms with Crippen LogP contribution in [0.1, 0.15) is 43.2 Å². The molecule has 0 unspecified atom stereocenters. The standard InChI is InChI=1S/C29H35ClN2O3/c1-35-25-12-13-28-26(19-25)22(14-16-31-28)6-4-7-23-15-18-32(20-27(23)29(33)34)17-3-2-5-21-8-10-24(30)11-9-21/h8-14,16,19,23,27H,2-7,15,17-18,20H2,1H3,(H,33,34)/t23-,27+/m1/s1. The molecule has 0 radical (unpaired) electrons. The quantitative estimate of drug-likeness (QED) is 0.318. The second kappa shape index (κ2) is 12.4. The van der Waals surface area contributed by atoms with Crippen molar-refractivity contribution in [1.82, 2.24) is 9.88 Å². The van der Waals surface area contributed by atoms with Gasteiger partial charge >= 0.3 is 5.97 Å². The summed E-state index contributed by atoms with van der Waals surface area (Å²) in [6, 6.07) is 16.1. The van der Waals surface area contributed by atoms with Crippen LogP contribution in [0.4, 0.5) is 0 Å². The van der Waals surface area contributed by atoms with Crippen molar-refractivity contribution in [2.75, 3.05) is 26.7 Å². The van der Waals surface area contributed by atoms with Crippen LogP contribution in [0.5, 0.6) is 5.75 Å². The Bertz CT molecular complexity index is 1120. The number of rotatable bonds is 11. The van der Waals surface area contributed by atoms with Gasteiger partial charge in [0.25, 0.3) is 0 Å². The van der Waals surface area contributed by atoms with E-state index in [2.05, 4.69) is 28.1 Å². The van der Waals surface area contributed by atoms with Crippen LogP contribution in [-0.2, 0) is 17.6 Å². The maximum atomic E-state index is 12.1. The minimum absolute atomic E-state index is 0.237.